The third-order valence-corrected chi connectivity index (χ3v) is 3.89. The molecule has 0 aliphatic rings. The lowest BCUT2D eigenvalue weighted by Crippen LogP contribution is -2.02. The summed E-state index contributed by atoms with van der Waals surface area (Å²) in [5.41, 5.74) is 4.54. The van der Waals surface area contributed by atoms with Gasteiger partial charge < -0.3 is 9.73 Å². The van der Waals surface area contributed by atoms with Crippen LogP contribution in [0.3, 0.4) is 0 Å². The highest BCUT2D eigenvalue weighted by molar-refractivity contribution is 5.83. The molecule has 2 aromatic carbocycles. The van der Waals surface area contributed by atoms with Gasteiger partial charge in [0, 0.05) is 29.8 Å². The second-order valence-corrected chi connectivity index (χ2v) is 5.46. The Bertz CT molecular complexity index is 909. The maximum absolute atomic E-state index is 11.6. The highest BCUT2D eigenvalue weighted by Crippen LogP contribution is 2.22. The summed E-state index contributed by atoms with van der Waals surface area (Å²) in [6.07, 6.45) is 2.64. The van der Waals surface area contributed by atoms with Crippen molar-refractivity contribution in [1.29, 1.82) is 0 Å². The molecule has 0 spiro atoms. The molecule has 0 aliphatic heterocycles. The van der Waals surface area contributed by atoms with Crippen LogP contribution in [0.4, 0.5) is 5.69 Å². The summed E-state index contributed by atoms with van der Waals surface area (Å²) in [4.78, 5) is 11.6. The Morgan fingerprint density at radius 3 is 2.83 bits per heavy atom. The molecule has 3 rings (SSSR count). The minimum Gasteiger partial charge on any atom is -0.423 e. The highest BCUT2D eigenvalue weighted by atomic mass is 16.4. The number of rotatable bonds is 5. The molecule has 23 heavy (non-hydrogen) atoms. The minimum absolute atomic E-state index is 0.301. The van der Waals surface area contributed by atoms with Gasteiger partial charge in [-0.2, -0.15) is 0 Å². The lowest BCUT2D eigenvalue weighted by atomic mass is 10.1. The molecule has 0 aliphatic carbocycles. The molecule has 3 aromatic rings. The van der Waals surface area contributed by atoms with E-state index in [1.54, 1.807) is 6.07 Å². The molecule has 116 valence electrons. The van der Waals surface area contributed by atoms with Crippen LogP contribution in [-0.4, -0.2) is 0 Å². The molecule has 0 atom stereocenters. The van der Waals surface area contributed by atoms with Crippen LogP contribution in [0, 0.1) is 0 Å². The maximum Gasteiger partial charge on any atom is 0.336 e. The first-order valence-corrected chi connectivity index (χ1v) is 7.71. The Kier molecular flexibility index (Phi) is 4.29. The average Bonchev–Trinajstić information content (AvgIpc) is 2.59. The molecule has 0 amide bonds. The molecule has 0 radical (unpaired) electrons. The molecule has 0 bridgehead atoms. The smallest absolute Gasteiger partial charge is 0.336 e. The number of aryl methyl sites for hydroxylation is 1. The Morgan fingerprint density at radius 1 is 1.17 bits per heavy atom. The lowest BCUT2D eigenvalue weighted by molar-refractivity contribution is 0.559. The van der Waals surface area contributed by atoms with Crippen LogP contribution in [0.15, 0.2) is 64.3 Å². The van der Waals surface area contributed by atoms with Gasteiger partial charge in [-0.3, -0.25) is 0 Å². The first kappa shape index (κ1) is 15.1. The van der Waals surface area contributed by atoms with Gasteiger partial charge in [-0.15, -0.1) is 0 Å². The topological polar surface area (TPSA) is 42.2 Å². The first-order chi connectivity index (χ1) is 11.2. The fraction of sp³-hybridized carbons (Fsp3) is 0.150. The average molecular weight is 305 g/mol. The molecule has 1 N–H and O–H groups in total. The molecule has 0 fully saturated rings. The predicted octanol–water partition coefficient (Wildman–Crippen LogP) is 4.61. The van der Waals surface area contributed by atoms with Crippen molar-refractivity contribution in [3.05, 3.63) is 82.2 Å². The van der Waals surface area contributed by atoms with Crippen molar-refractivity contribution in [2.75, 3.05) is 5.32 Å². The van der Waals surface area contributed by atoms with Crippen molar-refractivity contribution in [2.24, 2.45) is 0 Å². The van der Waals surface area contributed by atoms with Crippen LogP contribution in [-0.2, 0) is 13.0 Å². The molecular formula is C20H19NO2. The summed E-state index contributed by atoms with van der Waals surface area (Å²) in [5, 5.41) is 4.36. The second kappa shape index (κ2) is 6.53. The Balaban J connectivity index is 1.86. The minimum atomic E-state index is -0.301. The van der Waals surface area contributed by atoms with Crippen molar-refractivity contribution in [3.63, 3.8) is 0 Å². The fourth-order valence-corrected chi connectivity index (χ4v) is 2.67. The van der Waals surface area contributed by atoms with E-state index >= 15 is 0 Å². The van der Waals surface area contributed by atoms with E-state index in [0.717, 1.165) is 28.6 Å². The van der Waals surface area contributed by atoms with Gasteiger partial charge >= 0.3 is 5.63 Å². The molecule has 1 aromatic heterocycles. The number of benzene rings is 2. The summed E-state index contributed by atoms with van der Waals surface area (Å²) < 4.78 is 5.32. The van der Waals surface area contributed by atoms with Crippen LogP contribution in [0.25, 0.3) is 17.0 Å². The van der Waals surface area contributed by atoms with Crippen LogP contribution < -0.4 is 10.9 Å². The summed E-state index contributed by atoms with van der Waals surface area (Å²) in [5.74, 6) is 0. The zero-order valence-electron chi connectivity index (χ0n) is 13.1. The Morgan fingerprint density at radius 2 is 2.04 bits per heavy atom. The first-order valence-electron chi connectivity index (χ1n) is 7.71. The van der Waals surface area contributed by atoms with Crippen molar-refractivity contribution in [1.82, 2.24) is 0 Å². The van der Waals surface area contributed by atoms with Gasteiger partial charge in [-0.25, -0.2) is 4.79 Å². The van der Waals surface area contributed by atoms with E-state index in [-0.39, 0.29) is 5.63 Å². The van der Waals surface area contributed by atoms with Crippen molar-refractivity contribution >= 4 is 22.7 Å². The van der Waals surface area contributed by atoms with E-state index in [0.29, 0.717) is 12.1 Å². The fourth-order valence-electron chi connectivity index (χ4n) is 2.67. The third kappa shape index (κ3) is 3.34. The van der Waals surface area contributed by atoms with Crippen molar-refractivity contribution in [2.45, 2.75) is 19.9 Å². The van der Waals surface area contributed by atoms with E-state index < -0.39 is 0 Å². The molecule has 1 heterocycles. The van der Waals surface area contributed by atoms with E-state index in [2.05, 4.69) is 24.0 Å². The monoisotopic (exact) mass is 305 g/mol. The number of nitrogens with one attached hydrogen (secondary N) is 1. The second-order valence-electron chi connectivity index (χ2n) is 5.46. The van der Waals surface area contributed by atoms with E-state index in [1.165, 1.54) is 5.56 Å². The Hall–Kier alpha value is -2.81. The van der Waals surface area contributed by atoms with Gasteiger partial charge in [0.15, 0.2) is 0 Å². The van der Waals surface area contributed by atoms with Crippen molar-refractivity contribution in [3.8, 4) is 0 Å². The SMILES string of the molecule is C=Cc1cccc(CNc2ccc3c(CC)cc(=O)oc3c2)c1. The predicted molar refractivity (Wildman–Crippen MR) is 95.7 cm³/mol. The number of fused-ring (bicyclic) bond motifs is 1. The molecule has 3 heteroatoms. The number of anilines is 1. The third-order valence-electron chi connectivity index (χ3n) is 3.89. The number of hydrogen-bond donors (Lipinski definition) is 1. The molecular weight excluding hydrogens is 286 g/mol. The molecule has 3 nitrogen and oxygen atoms in total. The summed E-state index contributed by atoms with van der Waals surface area (Å²) in [7, 11) is 0. The van der Waals surface area contributed by atoms with Gasteiger partial charge in [0.25, 0.3) is 0 Å². The van der Waals surface area contributed by atoms with Gasteiger partial charge in [0.2, 0.25) is 0 Å². The van der Waals surface area contributed by atoms with E-state index in [4.69, 9.17) is 4.42 Å². The normalized spacial score (nSPS) is 10.7. The number of hydrogen-bond acceptors (Lipinski definition) is 3. The molecule has 0 saturated carbocycles. The van der Waals surface area contributed by atoms with E-state index in [1.807, 2.05) is 43.3 Å². The quantitative estimate of drug-likeness (QED) is 0.700. The van der Waals surface area contributed by atoms with Gasteiger partial charge in [0.1, 0.15) is 5.58 Å². The highest BCUT2D eigenvalue weighted by Gasteiger charge is 2.05. The standard InChI is InChI=1S/C20H19NO2/c1-3-14-6-5-7-15(10-14)13-21-17-8-9-18-16(4-2)11-20(22)23-19(18)12-17/h3,5-12,21H,1,4,13H2,2H3. The lowest BCUT2D eigenvalue weighted by Gasteiger charge is -2.09. The summed E-state index contributed by atoms with van der Waals surface area (Å²) >= 11 is 0. The van der Waals surface area contributed by atoms with Crippen LogP contribution in [0.5, 0.6) is 0 Å². The maximum atomic E-state index is 11.6. The largest absolute Gasteiger partial charge is 0.423 e. The van der Waals surface area contributed by atoms with Gasteiger partial charge in [0.05, 0.1) is 0 Å². The van der Waals surface area contributed by atoms with Crippen LogP contribution in [0.1, 0.15) is 23.6 Å². The molecule has 0 saturated heterocycles. The van der Waals surface area contributed by atoms with E-state index in [9.17, 15) is 4.79 Å². The zero-order chi connectivity index (χ0) is 16.2. The van der Waals surface area contributed by atoms with Crippen LogP contribution >= 0.6 is 0 Å². The molecule has 0 unspecified atom stereocenters. The summed E-state index contributed by atoms with van der Waals surface area (Å²) in [6.45, 7) is 6.52. The van der Waals surface area contributed by atoms with Gasteiger partial charge in [-0.05, 0) is 35.2 Å². The Labute approximate surface area is 135 Å². The van der Waals surface area contributed by atoms with Crippen molar-refractivity contribution < 1.29 is 4.42 Å². The zero-order valence-corrected chi connectivity index (χ0v) is 13.1. The van der Waals surface area contributed by atoms with Gasteiger partial charge in [-0.1, -0.05) is 43.8 Å². The summed E-state index contributed by atoms with van der Waals surface area (Å²) in [6, 6.07) is 15.7. The van der Waals surface area contributed by atoms with Crippen LogP contribution in [0.2, 0.25) is 0 Å².